The molecule has 4 rings (SSSR count). The molecule has 2 aromatic heterocycles. The van der Waals surface area contributed by atoms with E-state index in [9.17, 15) is 22.4 Å². The van der Waals surface area contributed by atoms with Crippen LogP contribution in [-0.4, -0.2) is 32.2 Å². The van der Waals surface area contributed by atoms with Crippen LogP contribution in [0.15, 0.2) is 48.9 Å². The fourth-order valence-corrected chi connectivity index (χ4v) is 3.40. The Labute approximate surface area is 173 Å². The Morgan fingerprint density at radius 1 is 1.16 bits per heavy atom. The molecule has 31 heavy (non-hydrogen) atoms. The normalized spacial score (nSPS) is 13.0. The highest BCUT2D eigenvalue weighted by atomic mass is 19.4. The molecule has 1 amide bonds. The van der Waals surface area contributed by atoms with Crippen LogP contribution in [0, 0.1) is 5.82 Å². The molecule has 2 N–H and O–H groups in total. The van der Waals surface area contributed by atoms with Crippen molar-refractivity contribution >= 4 is 28.3 Å². The Balaban J connectivity index is 1.69. The SMILES string of the molecule is C[C@@H](c1ccc(C(F)(F)F)cc1)N(C)C(=O)c1cc2c(cc1F)nc(N)c1cncn12. The summed E-state index contributed by atoms with van der Waals surface area (Å²) in [6.07, 6.45) is -1.46. The molecule has 10 heteroatoms. The smallest absolute Gasteiger partial charge is 0.382 e. The number of carbonyl (C=O) groups excluding carboxylic acids is 1. The van der Waals surface area contributed by atoms with Gasteiger partial charge in [0, 0.05) is 13.1 Å². The van der Waals surface area contributed by atoms with Crippen molar-refractivity contribution in [1.29, 1.82) is 0 Å². The van der Waals surface area contributed by atoms with E-state index in [4.69, 9.17) is 5.73 Å². The number of benzene rings is 2. The average Bonchev–Trinajstić information content (AvgIpc) is 3.22. The zero-order chi connectivity index (χ0) is 22.5. The molecule has 2 aromatic carbocycles. The lowest BCUT2D eigenvalue weighted by molar-refractivity contribution is -0.137. The lowest BCUT2D eigenvalue weighted by Crippen LogP contribution is -2.30. The first-order valence-electron chi connectivity index (χ1n) is 9.23. The minimum Gasteiger partial charge on any atom is -0.382 e. The highest BCUT2D eigenvalue weighted by Crippen LogP contribution is 2.31. The molecule has 0 aliphatic heterocycles. The number of amides is 1. The van der Waals surface area contributed by atoms with Crippen LogP contribution >= 0.6 is 0 Å². The molecule has 0 radical (unpaired) electrons. The first-order valence-corrected chi connectivity index (χ1v) is 9.23. The van der Waals surface area contributed by atoms with E-state index in [-0.39, 0.29) is 16.9 Å². The van der Waals surface area contributed by atoms with Gasteiger partial charge in [-0.25, -0.2) is 14.4 Å². The second kappa shape index (κ2) is 7.22. The van der Waals surface area contributed by atoms with Gasteiger partial charge in [0.05, 0.1) is 40.7 Å². The standard InChI is InChI=1S/C21H17F4N5O/c1-11(12-3-5-13(6-4-12)21(23,24)25)29(2)20(31)14-7-17-16(8-15(14)22)28-19(26)18-9-27-10-30(17)18/h3-11H,1-2H3,(H2,26,28)/t11-/m0/s1. The van der Waals surface area contributed by atoms with Gasteiger partial charge in [0.25, 0.3) is 5.91 Å². The molecule has 0 saturated heterocycles. The number of halogens is 4. The lowest BCUT2D eigenvalue weighted by atomic mass is 10.0. The molecule has 0 bridgehead atoms. The molecule has 4 aromatic rings. The van der Waals surface area contributed by atoms with Crippen molar-refractivity contribution in [2.75, 3.05) is 12.8 Å². The van der Waals surface area contributed by atoms with Gasteiger partial charge in [-0.1, -0.05) is 12.1 Å². The van der Waals surface area contributed by atoms with Crippen LogP contribution in [0.3, 0.4) is 0 Å². The van der Waals surface area contributed by atoms with Gasteiger partial charge in [0.1, 0.15) is 17.2 Å². The van der Waals surface area contributed by atoms with Crippen molar-refractivity contribution in [2.45, 2.75) is 19.1 Å². The first-order chi connectivity index (χ1) is 14.6. The third kappa shape index (κ3) is 3.54. The largest absolute Gasteiger partial charge is 0.416 e. The maximum Gasteiger partial charge on any atom is 0.416 e. The molecule has 0 unspecified atom stereocenters. The number of nitrogen functional groups attached to an aromatic ring is 1. The molecule has 0 spiro atoms. The quantitative estimate of drug-likeness (QED) is 0.486. The van der Waals surface area contributed by atoms with E-state index in [0.717, 1.165) is 18.2 Å². The van der Waals surface area contributed by atoms with Gasteiger partial charge in [-0.3, -0.25) is 9.20 Å². The number of rotatable bonds is 3. The molecule has 1 atom stereocenters. The summed E-state index contributed by atoms with van der Waals surface area (Å²) in [4.78, 5) is 22.5. The third-order valence-corrected chi connectivity index (χ3v) is 5.32. The number of nitrogens with zero attached hydrogens (tertiary/aromatic N) is 4. The number of nitrogens with two attached hydrogens (primary N) is 1. The Hall–Kier alpha value is -3.69. The van der Waals surface area contributed by atoms with E-state index in [1.165, 1.54) is 42.7 Å². The summed E-state index contributed by atoms with van der Waals surface area (Å²) < 4.78 is 54.7. The number of anilines is 1. The Morgan fingerprint density at radius 3 is 2.48 bits per heavy atom. The number of aromatic nitrogens is 3. The number of carbonyl (C=O) groups is 1. The van der Waals surface area contributed by atoms with Crippen LogP contribution < -0.4 is 5.73 Å². The summed E-state index contributed by atoms with van der Waals surface area (Å²) >= 11 is 0. The van der Waals surface area contributed by atoms with Crippen molar-refractivity contribution in [3.63, 3.8) is 0 Å². The monoisotopic (exact) mass is 431 g/mol. The molecule has 0 fully saturated rings. The predicted octanol–water partition coefficient (Wildman–Crippen LogP) is 4.46. The van der Waals surface area contributed by atoms with E-state index in [2.05, 4.69) is 9.97 Å². The van der Waals surface area contributed by atoms with Gasteiger partial charge in [0.15, 0.2) is 0 Å². The Kier molecular flexibility index (Phi) is 4.79. The maximum absolute atomic E-state index is 14.8. The number of hydrogen-bond acceptors (Lipinski definition) is 4. The molecule has 0 saturated carbocycles. The number of hydrogen-bond donors (Lipinski definition) is 1. The van der Waals surface area contributed by atoms with Gasteiger partial charge in [-0.15, -0.1) is 0 Å². The molecular formula is C21H17F4N5O. The van der Waals surface area contributed by atoms with Crippen molar-refractivity contribution < 1.29 is 22.4 Å². The maximum atomic E-state index is 14.8. The summed E-state index contributed by atoms with van der Waals surface area (Å²) in [5, 5.41) is 0. The molecule has 2 heterocycles. The van der Waals surface area contributed by atoms with Gasteiger partial charge in [0.2, 0.25) is 0 Å². The van der Waals surface area contributed by atoms with E-state index in [0.29, 0.717) is 16.6 Å². The van der Waals surface area contributed by atoms with E-state index < -0.39 is 29.5 Å². The van der Waals surface area contributed by atoms with Crippen LogP contribution in [0.2, 0.25) is 0 Å². The Bertz CT molecular complexity index is 1300. The van der Waals surface area contributed by atoms with Crippen LogP contribution in [0.25, 0.3) is 16.6 Å². The van der Waals surface area contributed by atoms with E-state index in [1.807, 2.05) is 0 Å². The zero-order valence-corrected chi connectivity index (χ0v) is 16.5. The van der Waals surface area contributed by atoms with Gasteiger partial charge in [-0.05, 0) is 30.7 Å². The summed E-state index contributed by atoms with van der Waals surface area (Å²) in [6, 6.07) is 6.40. The number of imidazole rings is 1. The highest BCUT2D eigenvalue weighted by Gasteiger charge is 2.30. The van der Waals surface area contributed by atoms with Crippen molar-refractivity contribution in [1.82, 2.24) is 19.3 Å². The summed E-state index contributed by atoms with van der Waals surface area (Å²) in [7, 11) is 1.46. The van der Waals surface area contributed by atoms with Gasteiger partial charge in [-0.2, -0.15) is 13.2 Å². The van der Waals surface area contributed by atoms with Crippen LogP contribution in [0.4, 0.5) is 23.4 Å². The molecule has 160 valence electrons. The van der Waals surface area contributed by atoms with Gasteiger partial charge < -0.3 is 10.6 Å². The zero-order valence-electron chi connectivity index (χ0n) is 16.5. The molecule has 0 aliphatic rings. The molecular weight excluding hydrogens is 414 g/mol. The molecule has 0 aliphatic carbocycles. The van der Waals surface area contributed by atoms with Crippen molar-refractivity contribution in [2.24, 2.45) is 0 Å². The minimum absolute atomic E-state index is 0.177. The number of fused-ring (bicyclic) bond motifs is 3. The van der Waals surface area contributed by atoms with Crippen LogP contribution in [-0.2, 0) is 6.18 Å². The van der Waals surface area contributed by atoms with Crippen LogP contribution in [0.1, 0.15) is 34.5 Å². The fraction of sp³-hybridized carbons (Fsp3) is 0.190. The summed E-state index contributed by atoms with van der Waals surface area (Å²) in [6.45, 7) is 1.65. The fourth-order valence-electron chi connectivity index (χ4n) is 3.40. The van der Waals surface area contributed by atoms with Crippen LogP contribution in [0.5, 0.6) is 0 Å². The predicted molar refractivity (Wildman–Crippen MR) is 107 cm³/mol. The summed E-state index contributed by atoms with van der Waals surface area (Å²) in [5.74, 6) is -1.23. The molecule has 6 nitrogen and oxygen atoms in total. The van der Waals surface area contributed by atoms with E-state index in [1.54, 1.807) is 11.3 Å². The second-order valence-corrected chi connectivity index (χ2v) is 7.18. The van der Waals surface area contributed by atoms with E-state index >= 15 is 0 Å². The lowest BCUT2D eigenvalue weighted by Gasteiger charge is -2.26. The second-order valence-electron chi connectivity index (χ2n) is 7.18. The summed E-state index contributed by atoms with van der Waals surface area (Å²) in [5.41, 5.74) is 6.59. The average molecular weight is 431 g/mol. The topological polar surface area (TPSA) is 76.5 Å². The highest BCUT2D eigenvalue weighted by molar-refractivity contribution is 5.98. The third-order valence-electron chi connectivity index (χ3n) is 5.32. The first kappa shape index (κ1) is 20.6. The number of alkyl halides is 3. The van der Waals surface area contributed by atoms with Crippen molar-refractivity contribution in [3.05, 3.63) is 71.4 Å². The minimum atomic E-state index is -4.45. The van der Waals surface area contributed by atoms with Gasteiger partial charge >= 0.3 is 6.18 Å². The van der Waals surface area contributed by atoms with Crippen molar-refractivity contribution in [3.8, 4) is 0 Å². The Morgan fingerprint density at radius 2 is 1.84 bits per heavy atom.